The van der Waals surface area contributed by atoms with E-state index in [9.17, 15) is 26.3 Å². The van der Waals surface area contributed by atoms with Crippen molar-refractivity contribution < 1.29 is 35.7 Å². The van der Waals surface area contributed by atoms with Gasteiger partial charge in [-0.15, -0.1) is 0 Å². The Kier molecular flexibility index (Phi) is 4.11. The SMILES string of the molecule is C=C(OBOC(=C)C(F)(F)F)C(F)(F)F. The number of halogens is 6. The first-order valence-electron chi connectivity index (χ1n) is 3.33. The number of hydrogen-bond donors (Lipinski definition) is 0. The molecule has 0 aliphatic heterocycles. The quantitative estimate of drug-likeness (QED) is 0.422. The van der Waals surface area contributed by atoms with Crippen LogP contribution >= 0.6 is 0 Å². The zero-order valence-electron chi connectivity index (χ0n) is 7.21. The van der Waals surface area contributed by atoms with Gasteiger partial charge in [-0.05, 0) is 0 Å². The first-order valence-corrected chi connectivity index (χ1v) is 3.33. The number of alkyl halides is 6. The highest BCUT2D eigenvalue weighted by atomic mass is 19.4. The standard InChI is InChI=1S/C6H5BF6O2/c1-3(5(8,9)10)14-7-15-4(2)6(11,12)13/h7H,1-2H2. The van der Waals surface area contributed by atoms with Gasteiger partial charge >= 0.3 is 20.0 Å². The van der Waals surface area contributed by atoms with E-state index in [0.717, 1.165) is 0 Å². The van der Waals surface area contributed by atoms with Crippen molar-refractivity contribution in [3.8, 4) is 0 Å². The molecule has 0 bridgehead atoms. The fourth-order valence-electron chi connectivity index (χ4n) is 0.335. The normalized spacial score (nSPS) is 11.9. The molecule has 0 atom stereocenters. The van der Waals surface area contributed by atoms with Crippen molar-refractivity contribution in [2.45, 2.75) is 12.4 Å². The Balaban J connectivity index is 3.92. The van der Waals surface area contributed by atoms with E-state index in [2.05, 4.69) is 22.5 Å². The molecule has 2 nitrogen and oxygen atoms in total. The van der Waals surface area contributed by atoms with Crippen LogP contribution in [0.3, 0.4) is 0 Å². The van der Waals surface area contributed by atoms with Crippen LogP contribution in [-0.2, 0) is 9.31 Å². The molecule has 0 spiro atoms. The summed E-state index contributed by atoms with van der Waals surface area (Å²) in [6, 6.07) is 0. The lowest BCUT2D eigenvalue weighted by Gasteiger charge is -2.14. The van der Waals surface area contributed by atoms with Crippen molar-refractivity contribution in [2.24, 2.45) is 0 Å². The highest BCUT2D eigenvalue weighted by Crippen LogP contribution is 2.26. The molecule has 0 saturated carbocycles. The summed E-state index contributed by atoms with van der Waals surface area (Å²) in [5.41, 5.74) is 0. The van der Waals surface area contributed by atoms with Gasteiger partial charge in [-0.3, -0.25) is 0 Å². The highest BCUT2D eigenvalue weighted by Gasteiger charge is 2.36. The van der Waals surface area contributed by atoms with E-state index in [4.69, 9.17) is 0 Å². The third kappa shape index (κ3) is 5.23. The third-order valence-corrected chi connectivity index (χ3v) is 1.10. The summed E-state index contributed by atoms with van der Waals surface area (Å²) in [7, 11) is -1.25. The minimum absolute atomic E-state index is 1.25. The summed E-state index contributed by atoms with van der Waals surface area (Å²) in [4.78, 5) is 0. The van der Waals surface area contributed by atoms with E-state index in [1.54, 1.807) is 0 Å². The van der Waals surface area contributed by atoms with Crippen LogP contribution in [0.4, 0.5) is 26.3 Å². The van der Waals surface area contributed by atoms with Crippen LogP contribution < -0.4 is 0 Å². The molecule has 86 valence electrons. The molecule has 0 aromatic rings. The van der Waals surface area contributed by atoms with Gasteiger partial charge in [0, 0.05) is 0 Å². The van der Waals surface area contributed by atoms with Crippen molar-refractivity contribution in [3.63, 3.8) is 0 Å². The maximum absolute atomic E-state index is 11.7. The maximum atomic E-state index is 11.7. The minimum atomic E-state index is -4.83. The summed E-state index contributed by atoms with van der Waals surface area (Å²) in [6.45, 7) is 4.89. The largest absolute Gasteiger partial charge is 0.576 e. The van der Waals surface area contributed by atoms with Gasteiger partial charge < -0.3 is 9.31 Å². The first kappa shape index (κ1) is 13.7. The first-order chi connectivity index (χ1) is 6.55. The predicted molar refractivity (Wildman–Crippen MR) is 39.7 cm³/mol. The van der Waals surface area contributed by atoms with Crippen LogP contribution in [0.5, 0.6) is 0 Å². The van der Waals surface area contributed by atoms with E-state index in [1.807, 2.05) is 0 Å². The summed E-state index contributed by atoms with van der Waals surface area (Å²) in [5, 5.41) is 0. The van der Waals surface area contributed by atoms with Crippen molar-refractivity contribution in [2.75, 3.05) is 0 Å². The molecule has 0 heterocycles. The maximum Gasteiger partial charge on any atom is 0.576 e. The molecular formula is C6H5BF6O2. The van der Waals surface area contributed by atoms with E-state index in [0.29, 0.717) is 0 Å². The Labute approximate surface area is 81.5 Å². The van der Waals surface area contributed by atoms with Gasteiger partial charge in [-0.25, -0.2) is 0 Å². The lowest BCUT2D eigenvalue weighted by Crippen LogP contribution is -2.20. The molecule has 0 amide bonds. The Bertz CT molecular complexity index is 229. The van der Waals surface area contributed by atoms with Crippen LogP contribution in [0.2, 0.25) is 0 Å². The Morgan fingerprint density at radius 1 is 0.800 bits per heavy atom. The molecule has 0 unspecified atom stereocenters. The fourth-order valence-corrected chi connectivity index (χ4v) is 0.335. The van der Waals surface area contributed by atoms with Gasteiger partial charge in [0.2, 0.25) is 0 Å². The number of allylic oxidation sites excluding steroid dienone is 2. The predicted octanol–water partition coefficient (Wildman–Crippen LogP) is 2.44. The van der Waals surface area contributed by atoms with Crippen molar-refractivity contribution in [1.82, 2.24) is 0 Å². The van der Waals surface area contributed by atoms with Crippen molar-refractivity contribution in [3.05, 3.63) is 24.7 Å². The molecule has 0 rings (SSSR count). The zero-order valence-corrected chi connectivity index (χ0v) is 7.21. The smallest absolute Gasteiger partial charge is 0.526 e. The van der Waals surface area contributed by atoms with Crippen LogP contribution in [0.15, 0.2) is 24.7 Å². The number of rotatable bonds is 4. The van der Waals surface area contributed by atoms with Gasteiger partial charge in [0.05, 0.1) is 0 Å². The second kappa shape index (κ2) is 4.50. The molecule has 0 N–H and O–H groups in total. The van der Waals surface area contributed by atoms with Crippen LogP contribution in [0.1, 0.15) is 0 Å². The van der Waals surface area contributed by atoms with Crippen LogP contribution in [-0.4, -0.2) is 20.0 Å². The molecule has 0 aliphatic rings. The molecule has 0 radical (unpaired) electrons. The van der Waals surface area contributed by atoms with E-state index in [1.165, 1.54) is 0 Å². The summed E-state index contributed by atoms with van der Waals surface area (Å²) < 4.78 is 77.6. The summed E-state index contributed by atoms with van der Waals surface area (Å²) in [6.07, 6.45) is -9.66. The topological polar surface area (TPSA) is 18.5 Å². The van der Waals surface area contributed by atoms with Crippen molar-refractivity contribution in [1.29, 1.82) is 0 Å². The lowest BCUT2D eigenvalue weighted by molar-refractivity contribution is -0.124. The summed E-state index contributed by atoms with van der Waals surface area (Å²) >= 11 is 0. The minimum Gasteiger partial charge on any atom is -0.526 e. The number of hydrogen-bond acceptors (Lipinski definition) is 2. The molecule has 0 saturated heterocycles. The van der Waals surface area contributed by atoms with Gasteiger partial charge in [-0.2, -0.15) is 26.3 Å². The van der Waals surface area contributed by atoms with Crippen LogP contribution in [0, 0.1) is 0 Å². The average molecular weight is 234 g/mol. The molecule has 0 aromatic carbocycles. The third-order valence-electron chi connectivity index (χ3n) is 1.10. The molecular weight excluding hydrogens is 229 g/mol. The van der Waals surface area contributed by atoms with Crippen molar-refractivity contribution >= 4 is 7.69 Å². The second-order valence-corrected chi connectivity index (χ2v) is 2.25. The monoisotopic (exact) mass is 234 g/mol. The van der Waals surface area contributed by atoms with E-state index >= 15 is 0 Å². The Morgan fingerprint density at radius 3 is 1.27 bits per heavy atom. The molecule has 0 aromatic heterocycles. The van der Waals surface area contributed by atoms with E-state index in [-0.39, 0.29) is 0 Å². The van der Waals surface area contributed by atoms with Gasteiger partial charge in [-0.1, -0.05) is 13.2 Å². The Hall–Kier alpha value is -1.28. The molecule has 0 fully saturated rings. The Morgan fingerprint density at radius 2 is 1.07 bits per heavy atom. The molecule has 15 heavy (non-hydrogen) atoms. The van der Waals surface area contributed by atoms with Gasteiger partial charge in [0.1, 0.15) is 0 Å². The molecule has 9 heteroatoms. The van der Waals surface area contributed by atoms with E-state index < -0.39 is 31.6 Å². The molecule has 0 aliphatic carbocycles. The lowest BCUT2D eigenvalue weighted by atomic mass is 10.3. The van der Waals surface area contributed by atoms with Gasteiger partial charge in [0.15, 0.2) is 11.5 Å². The zero-order chi connectivity index (χ0) is 12.3. The van der Waals surface area contributed by atoms with Crippen LogP contribution in [0.25, 0.3) is 0 Å². The average Bonchev–Trinajstić information content (AvgIpc) is 2.00. The van der Waals surface area contributed by atoms with Gasteiger partial charge in [0.25, 0.3) is 0 Å². The second-order valence-electron chi connectivity index (χ2n) is 2.25. The fraction of sp³-hybridized carbons (Fsp3) is 0.333. The summed E-state index contributed by atoms with van der Waals surface area (Å²) in [5.74, 6) is -3.28. The highest BCUT2D eigenvalue weighted by molar-refractivity contribution is 6.19.